The van der Waals surface area contributed by atoms with Gasteiger partial charge in [-0.15, -0.1) is 20.4 Å². The van der Waals surface area contributed by atoms with Crippen LogP contribution in [0.4, 0.5) is 22.4 Å². The van der Waals surface area contributed by atoms with Crippen LogP contribution >= 0.6 is 0 Å². The number of hydrogen-bond acceptors (Lipinski definition) is 9. The van der Waals surface area contributed by atoms with E-state index in [0.29, 0.717) is 12.2 Å². The molecule has 0 bridgehead atoms. The Balaban J connectivity index is 1.39. The third kappa shape index (κ3) is 4.72. The minimum absolute atomic E-state index is 0.0467. The van der Waals surface area contributed by atoms with Crippen LogP contribution in [-0.2, 0) is 11.3 Å². The number of rotatable bonds is 6. The molecule has 2 aromatic heterocycles. The molecule has 38 heavy (non-hydrogen) atoms. The van der Waals surface area contributed by atoms with E-state index in [1.54, 1.807) is 12.1 Å². The molecule has 3 heterocycles. The maximum absolute atomic E-state index is 14.7. The zero-order chi connectivity index (χ0) is 27.0. The fraction of sp³-hybridized carbons (Fsp3) is 0.273. The van der Waals surface area contributed by atoms with Gasteiger partial charge in [0.15, 0.2) is 0 Å². The predicted octanol–water partition coefficient (Wildman–Crippen LogP) is 2.81. The molecule has 1 saturated heterocycles. The number of alkyl halides is 2. The second-order valence-electron chi connectivity index (χ2n) is 8.17. The second-order valence-corrected chi connectivity index (χ2v) is 8.17. The van der Waals surface area contributed by atoms with E-state index >= 15 is 0 Å². The van der Waals surface area contributed by atoms with Gasteiger partial charge >= 0.3 is 12.5 Å². The summed E-state index contributed by atoms with van der Waals surface area (Å²) in [7, 11) is 0. The molecule has 3 N–H and O–H groups in total. The summed E-state index contributed by atoms with van der Waals surface area (Å²) in [6, 6.07) is 5.10. The number of benzene rings is 2. The van der Waals surface area contributed by atoms with Gasteiger partial charge in [0.2, 0.25) is 11.7 Å². The lowest BCUT2D eigenvalue weighted by molar-refractivity contribution is 0.0130. The molecular weight excluding hydrogens is 516 g/mol. The number of ether oxygens (including phenoxy) is 1. The molecule has 1 atom stereocenters. The topological polar surface area (TPSA) is 158 Å². The number of amides is 2. The number of carbonyl (C=O) groups excluding carboxylic acids is 1. The summed E-state index contributed by atoms with van der Waals surface area (Å²) in [6.45, 7) is 0.175. The van der Waals surface area contributed by atoms with Crippen LogP contribution in [0.3, 0.4) is 0 Å². The standard InChI is InChI=1S/C22H18F4N8O4/c23-14-6-10(20-29-30-21(38-20)18(25)26)7-15(24)13(14)8-34-31-19(28-32-34)12-3-1-2-11(17(12)35)16-9-37-5-4-33(16)22(27)36/h1-3,6-7,16,18,35H,4-5,8-9H2,(H2,27,36). The number of para-hydroxylation sites is 1. The average Bonchev–Trinajstić information content (AvgIpc) is 3.57. The summed E-state index contributed by atoms with van der Waals surface area (Å²) in [5, 5.41) is 29.2. The molecule has 4 aromatic rings. The molecule has 1 aliphatic rings. The summed E-state index contributed by atoms with van der Waals surface area (Å²) in [6.07, 6.45) is -3.03. The van der Waals surface area contributed by atoms with Gasteiger partial charge in [-0.25, -0.2) is 13.6 Å². The molecule has 12 nitrogen and oxygen atoms in total. The number of nitrogens with zero attached hydrogens (tertiary/aromatic N) is 7. The van der Waals surface area contributed by atoms with Crippen LogP contribution in [0.25, 0.3) is 22.8 Å². The van der Waals surface area contributed by atoms with Gasteiger partial charge in [-0.2, -0.15) is 13.6 Å². The molecular formula is C22H18F4N8O4. The normalized spacial score (nSPS) is 15.8. The summed E-state index contributed by atoms with van der Waals surface area (Å²) in [5.74, 6) is -3.81. The van der Waals surface area contributed by atoms with Crippen molar-refractivity contribution in [3.63, 3.8) is 0 Å². The maximum atomic E-state index is 14.7. The van der Waals surface area contributed by atoms with Gasteiger partial charge in [-0.05, 0) is 23.4 Å². The van der Waals surface area contributed by atoms with Gasteiger partial charge < -0.3 is 24.9 Å². The highest BCUT2D eigenvalue weighted by molar-refractivity contribution is 5.74. The van der Waals surface area contributed by atoms with Gasteiger partial charge in [0.05, 0.1) is 31.4 Å². The molecule has 0 saturated carbocycles. The highest BCUT2D eigenvalue weighted by Gasteiger charge is 2.30. The lowest BCUT2D eigenvalue weighted by Crippen LogP contribution is -2.46. The lowest BCUT2D eigenvalue weighted by Gasteiger charge is -2.35. The molecule has 1 fully saturated rings. The van der Waals surface area contributed by atoms with E-state index in [2.05, 4.69) is 25.6 Å². The lowest BCUT2D eigenvalue weighted by atomic mass is 10.00. The van der Waals surface area contributed by atoms with Crippen molar-refractivity contribution in [1.82, 2.24) is 35.3 Å². The first-order valence-electron chi connectivity index (χ1n) is 11.1. The van der Waals surface area contributed by atoms with Crippen molar-refractivity contribution in [3.8, 4) is 28.6 Å². The number of morpholine rings is 1. The Morgan fingerprint density at radius 2 is 1.95 bits per heavy atom. The van der Waals surface area contributed by atoms with E-state index in [0.717, 1.165) is 16.9 Å². The van der Waals surface area contributed by atoms with Crippen LogP contribution in [0.5, 0.6) is 5.75 Å². The third-order valence-electron chi connectivity index (χ3n) is 5.85. The number of aromatic hydroxyl groups is 1. The largest absolute Gasteiger partial charge is 0.507 e. The van der Waals surface area contributed by atoms with Crippen molar-refractivity contribution in [1.29, 1.82) is 0 Å². The van der Waals surface area contributed by atoms with Crippen LogP contribution in [-0.4, -0.2) is 66.2 Å². The van der Waals surface area contributed by atoms with E-state index in [1.165, 1.54) is 11.0 Å². The van der Waals surface area contributed by atoms with Crippen LogP contribution in [0.1, 0.15) is 29.5 Å². The molecule has 1 unspecified atom stereocenters. The van der Waals surface area contributed by atoms with Gasteiger partial charge in [0, 0.05) is 23.2 Å². The molecule has 16 heteroatoms. The molecule has 2 aromatic carbocycles. The molecule has 5 rings (SSSR count). The second kappa shape index (κ2) is 10.0. The number of aromatic nitrogens is 6. The van der Waals surface area contributed by atoms with Gasteiger partial charge in [-0.3, -0.25) is 0 Å². The first-order valence-corrected chi connectivity index (χ1v) is 11.1. The number of urea groups is 1. The van der Waals surface area contributed by atoms with Crippen molar-refractivity contribution >= 4 is 6.03 Å². The first-order chi connectivity index (χ1) is 18.2. The third-order valence-corrected chi connectivity index (χ3v) is 5.85. The molecule has 2 amide bonds. The van der Waals surface area contributed by atoms with E-state index in [9.17, 15) is 27.5 Å². The van der Waals surface area contributed by atoms with Gasteiger partial charge in [-0.1, -0.05) is 12.1 Å². The van der Waals surface area contributed by atoms with E-state index in [1.807, 2.05) is 0 Å². The van der Waals surface area contributed by atoms with Crippen molar-refractivity contribution in [2.75, 3.05) is 19.8 Å². The quantitative estimate of drug-likeness (QED) is 0.355. The van der Waals surface area contributed by atoms with E-state index in [-0.39, 0.29) is 35.9 Å². The van der Waals surface area contributed by atoms with Crippen molar-refractivity contribution in [2.45, 2.75) is 19.0 Å². The van der Waals surface area contributed by atoms with Crippen LogP contribution in [0.2, 0.25) is 0 Å². The Bertz CT molecular complexity index is 1470. The van der Waals surface area contributed by atoms with Crippen molar-refractivity contribution < 1.29 is 36.6 Å². The molecule has 0 spiro atoms. The smallest absolute Gasteiger partial charge is 0.315 e. The molecule has 0 radical (unpaired) electrons. The Labute approximate surface area is 210 Å². The zero-order valence-corrected chi connectivity index (χ0v) is 19.3. The minimum Gasteiger partial charge on any atom is -0.507 e. The minimum atomic E-state index is -3.03. The zero-order valence-electron chi connectivity index (χ0n) is 19.3. The van der Waals surface area contributed by atoms with Gasteiger partial charge in [0.25, 0.3) is 5.89 Å². The number of hydrogen-bond donors (Lipinski definition) is 2. The van der Waals surface area contributed by atoms with Crippen molar-refractivity contribution in [3.05, 3.63) is 59.0 Å². The number of tetrazole rings is 1. The van der Waals surface area contributed by atoms with Crippen molar-refractivity contribution in [2.24, 2.45) is 5.73 Å². The number of phenolic OH excluding ortho intramolecular Hbond substituents is 1. The molecule has 1 aliphatic heterocycles. The van der Waals surface area contributed by atoms with Crippen LogP contribution in [0, 0.1) is 11.6 Å². The number of carbonyl (C=O) groups is 1. The average molecular weight is 534 g/mol. The molecule has 198 valence electrons. The fourth-order valence-corrected chi connectivity index (χ4v) is 4.01. The fourth-order valence-electron chi connectivity index (χ4n) is 4.01. The highest BCUT2D eigenvalue weighted by Crippen LogP contribution is 2.37. The summed E-state index contributed by atoms with van der Waals surface area (Å²) in [4.78, 5) is 14.1. The number of halogens is 4. The Hall–Kier alpha value is -4.60. The maximum Gasteiger partial charge on any atom is 0.315 e. The Morgan fingerprint density at radius 1 is 1.18 bits per heavy atom. The predicted molar refractivity (Wildman–Crippen MR) is 118 cm³/mol. The van der Waals surface area contributed by atoms with Crippen LogP contribution in [0.15, 0.2) is 34.7 Å². The SMILES string of the molecule is NC(=O)N1CCOCC1c1cccc(-c2nnn(Cc3c(F)cc(-c4nnc(C(F)F)o4)cc3F)n2)c1O. The monoisotopic (exact) mass is 534 g/mol. The summed E-state index contributed by atoms with van der Waals surface area (Å²) in [5.41, 5.74) is 5.29. The summed E-state index contributed by atoms with van der Waals surface area (Å²) >= 11 is 0. The molecule has 0 aliphatic carbocycles. The first kappa shape index (κ1) is 25.1. The van der Waals surface area contributed by atoms with Crippen LogP contribution < -0.4 is 5.73 Å². The summed E-state index contributed by atoms with van der Waals surface area (Å²) < 4.78 is 65.0. The Kier molecular flexibility index (Phi) is 6.62. The van der Waals surface area contributed by atoms with Gasteiger partial charge in [0.1, 0.15) is 17.4 Å². The number of nitrogens with two attached hydrogens (primary N) is 1. The Morgan fingerprint density at radius 3 is 2.63 bits per heavy atom. The van der Waals surface area contributed by atoms with E-state index < -0.39 is 54.0 Å². The highest BCUT2D eigenvalue weighted by atomic mass is 19.3. The number of phenols is 1. The number of primary amides is 1. The van der Waals surface area contributed by atoms with E-state index in [4.69, 9.17) is 14.9 Å².